The van der Waals surface area contributed by atoms with Gasteiger partial charge < -0.3 is 21.1 Å². The lowest BCUT2D eigenvalue weighted by atomic mass is 9.95. The van der Waals surface area contributed by atoms with Crippen LogP contribution in [0.4, 0.5) is 10.9 Å². The second kappa shape index (κ2) is 5.57. The van der Waals surface area contributed by atoms with Crippen molar-refractivity contribution < 1.29 is 9.90 Å². The molecule has 0 spiro atoms. The van der Waals surface area contributed by atoms with E-state index < -0.39 is 5.60 Å². The number of nitrogens with one attached hydrogen (secondary N) is 1. The van der Waals surface area contributed by atoms with Crippen LogP contribution in [0.25, 0.3) is 0 Å². The number of nitrogens with zero attached hydrogens (tertiary/aromatic N) is 2. The molecule has 1 aliphatic rings. The average molecular weight is 298 g/mol. The van der Waals surface area contributed by atoms with Crippen molar-refractivity contribution in [3.63, 3.8) is 0 Å². The topological polar surface area (TPSA) is 91.5 Å². The van der Waals surface area contributed by atoms with Crippen molar-refractivity contribution in [2.24, 2.45) is 0 Å². The number of nitrogens with two attached hydrogens (primary N) is 1. The van der Waals surface area contributed by atoms with E-state index in [1.54, 1.807) is 11.8 Å². The number of aromatic nitrogens is 1. The molecule has 0 saturated carbocycles. The Balaban J connectivity index is 2.14. The van der Waals surface area contributed by atoms with Gasteiger partial charge in [-0.15, -0.1) is 0 Å². The van der Waals surface area contributed by atoms with Gasteiger partial charge in [0.1, 0.15) is 10.7 Å². The summed E-state index contributed by atoms with van der Waals surface area (Å²) >= 11 is 1.27. The van der Waals surface area contributed by atoms with Gasteiger partial charge >= 0.3 is 0 Å². The molecule has 1 amide bonds. The summed E-state index contributed by atoms with van der Waals surface area (Å²) in [5.74, 6) is 0.116. The number of amides is 1. The van der Waals surface area contributed by atoms with Crippen LogP contribution in [0, 0.1) is 0 Å². The molecule has 1 aliphatic heterocycles. The molecule has 2 rings (SSSR count). The van der Waals surface area contributed by atoms with Crippen LogP contribution in [0.3, 0.4) is 0 Å². The van der Waals surface area contributed by atoms with Crippen molar-refractivity contribution in [1.82, 2.24) is 9.88 Å². The Morgan fingerprint density at radius 2 is 2.30 bits per heavy atom. The molecule has 1 fully saturated rings. The minimum Gasteiger partial charge on any atom is -0.388 e. The third kappa shape index (κ3) is 3.40. The van der Waals surface area contributed by atoms with E-state index in [-0.39, 0.29) is 17.8 Å². The predicted molar refractivity (Wildman–Crippen MR) is 81.0 cm³/mol. The summed E-state index contributed by atoms with van der Waals surface area (Å²) in [7, 11) is 0. The lowest BCUT2D eigenvalue weighted by molar-refractivity contribution is -0.0105. The van der Waals surface area contributed by atoms with E-state index in [4.69, 9.17) is 5.73 Å². The molecule has 20 heavy (non-hydrogen) atoms. The third-order valence-electron chi connectivity index (χ3n) is 3.22. The van der Waals surface area contributed by atoms with Crippen molar-refractivity contribution in [2.75, 3.05) is 24.1 Å². The molecule has 2 heterocycles. The summed E-state index contributed by atoms with van der Waals surface area (Å²) in [6.45, 7) is 6.76. The normalized spacial score (nSPS) is 23.1. The highest BCUT2D eigenvalue weighted by molar-refractivity contribution is 7.18. The lowest BCUT2D eigenvalue weighted by Crippen LogP contribution is -2.48. The molecule has 0 aromatic carbocycles. The predicted octanol–water partition coefficient (Wildman–Crippen LogP) is 1.53. The van der Waals surface area contributed by atoms with Crippen molar-refractivity contribution in [2.45, 2.75) is 45.3 Å². The smallest absolute Gasteiger partial charge is 0.267 e. The molecule has 0 aliphatic carbocycles. The molecule has 1 aromatic heterocycles. The highest BCUT2D eigenvalue weighted by Gasteiger charge is 2.33. The molecule has 7 heteroatoms. The number of nitrogen functional groups attached to an aromatic ring is 1. The van der Waals surface area contributed by atoms with Crippen LogP contribution < -0.4 is 11.1 Å². The maximum absolute atomic E-state index is 12.5. The summed E-state index contributed by atoms with van der Waals surface area (Å²) < 4.78 is 0. The van der Waals surface area contributed by atoms with Crippen LogP contribution in [-0.2, 0) is 0 Å². The van der Waals surface area contributed by atoms with E-state index in [2.05, 4.69) is 10.3 Å². The Morgan fingerprint density at radius 1 is 1.60 bits per heavy atom. The fourth-order valence-corrected chi connectivity index (χ4v) is 3.33. The first kappa shape index (κ1) is 15.1. The van der Waals surface area contributed by atoms with E-state index in [1.807, 2.05) is 13.8 Å². The number of rotatable bonds is 3. The molecule has 6 nitrogen and oxygen atoms in total. The number of aliphatic hydroxyl groups is 1. The van der Waals surface area contributed by atoms with Gasteiger partial charge in [0.2, 0.25) is 0 Å². The molecule has 1 atom stereocenters. The van der Waals surface area contributed by atoms with Gasteiger partial charge in [-0.25, -0.2) is 4.98 Å². The van der Waals surface area contributed by atoms with Crippen LogP contribution in [0.1, 0.15) is 43.3 Å². The second-order valence-electron chi connectivity index (χ2n) is 5.86. The standard InChI is InChI=1S/C13H22N4O2S/c1-8(2)15-12-16-10(14)9(20-12)11(18)17-6-4-5-13(3,19)7-17/h8,19H,4-7,14H2,1-3H3,(H,15,16). The lowest BCUT2D eigenvalue weighted by Gasteiger charge is -2.36. The van der Waals surface area contributed by atoms with Crippen LogP contribution in [0.5, 0.6) is 0 Å². The SMILES string of the molecule is CC(C)Nc1nc(N)c(C(=O)N2CCCC(C)(O)C2)s1. The van der Waals surface area contributed by atoms with Gasteiger partial charge in [0, 0.05) is 19.1 Å². The largest absolute Gasteiger partial charge is 0.388 e. The highest BCUT2D eigenvalue weighted by atomic mass is 32.1. The summed E-state index contributed by atoms with van der Waals surface area (Å²) in [4.78, 5) is 18.8. The van der Waals surface area contributed by atoms with Crippen LogP contribution >= 0.6 is 11.3 Å². The van der Waals surface area contributed by atoms with Crippen molar-refractivity contribution >= 4 is 28.2 Å². The van der Waals surface area contributed by atoms with E-state index in [9.17, 15) is 9.90 Å². The quantitative estimate of drug-likeness (QED) is 0.787. The number of hydrogen-bond donors (Lipinski definition) is 3. The number of anilines is 2. The molecule has 1 aromatic rings. The number of piperidine rings is 1. The maximum Gasteiger partial charge on any atom is 0.267 e. The molecule has 112 valence electrons. The fraction of sp³-hybridized carbons (Fsp3) is 0.692. The molecule has 1 saturated heterocycles. The van der Waals surface area contributed by atoms with Gasteiger partial charge in [-0.1, -0.05) is 11.3 Å². The van der Waals surface area contributed by atoms with Crippen LogP contribution in [0.2, 0.25) is 0 Å². The minimum absolute atomic E-state index is 0.142. The highest BCUT2D eigenvalue weighted by Crippen LogP contribution is 2.29. The Morgan fingerprint density at radius 3 is 2.90 bits per heavy atom. The molecule has 0 bridgehead atoms. The first-order valence-electron chi connectivity index (χ1n) is 6.83. The number of likely N-dealkylation sites (tertiary alicyclic amines) is 1. The van der Waals surface area contributed by atoms with Gasteiger partial charge in [0.25, 0.3) is 5.91 Å². The van der Waals surface area contributed by atoms with E-state index in [0.29, 0.717) is 23.1 Å². The van der Waals surface area contributed by atoms with Gasteiger partial charge in [-0.2, -0.15) is 0 Å². The molecule has 4 N–H and O–H groups in total. The van der Waals surface area contributed by atoms with Gasteiger partial charge in [0.05, 0.1) is 5.60 Å². The number of β-amino-alcohol motifs (C(OH)–C–C–N with tert-alkyl or cyclic N) is 1. The first-order chi connectivity index (χ1) is 9.28. The van der Waals surface area contributed by atoms with Crippen molar-refractivity contribution in [1.29, 1.82) is 0 Å². The summed E-state index contributed by atoms with van der Waals surface area (Å²) in [5, 5.41) is 13.9. The fourth-order valence-electron chi connectivity index (χ4n) is 2.33. The van der Waals surface area contributed by atoms with Crippen molar-refractivity contribution in [3.05, 3.63) is 4.88 Å². The molecular weight excluding hydrogens is 276 g/mol. The van der Waals surface area contributed by atoms with Gasteiger partial charge in [-0.3, -0.25) is 4.79 Å². The van der Waals surface area contributed by atoms with Crippen LogP contribution in [-0.4, -0.2) is 45.6 Å². The minimum atomic E-state index is -0.813. The van der Waals surface area contributed by atoms with E-state index in [0.717, 1.165) is 12.8 Å². The van der Waals surface area contributed by atoms with Gasteiger partial charge in [-0.05, 0) is 33.6 Å². The summed E-state index contributed by atoms with van der Waals surface area (Å²) in [6.07, 6.45) is 1.52. The zero-order chi connectivity index (χ0) is 14.9. The Kier molecular flexibility index (Phi) is 4.19. The zero-order valence-electron chi connectivity index (χ0n) is 12.1. The average Bonchev–Trinajstić information content (AvgIpc) is 2.67. The first-order valence-corrected chi connectivity index (χ1v) is 7.64. The summed E-state index contributed by atoms with van der Waals surface area (Å²) in [6, 6.07) is 0.235. The summed E-state index contributed by atoms with van der Waals surface area (Å²) in [5.41, 5.74) is 5.03. The Bertz CT molecular complexity index is 499. The molecule has 1 unspecified atom stereocenters. The van der Waals surface area contributed by atoms with Crippen LogP contribution in [0.15, 0.2) is 0 Å². The number of carbonyl (C=O) groups excluding carboxylic acids is 1. The maximum atomic E-state index is 12.5. The molecular formula is C13H22N4O2S. The third-order valence-corrected chi connectivity index (χ3v) is 4.21. The second-order valence-corrected chi connectivity index (χ2v) is 6.86. The number of hydrogen-bond acceptors (Lipinski definition) is 6. The van der Waals surface area contributed by atoms with Gasteiger partial charge in [0.15, 0.2) is 5.13 Å². The van der Waals surface area contributed by atoms with E-state index in [1.165, 1.54) is 11.3 Å². The van der Waals surface area contributed by atoms with E-state index >= 15 is 0 Å². The number of thiazole rings is 1. The Labute approximate surface area is 123 Å². The molecule has 0 radical (unpaired) electrons. The van der Waals surface area contributed by atoms with Crippen molar-refractivity contribution in [3.8, 4) is 0 Å². The number of carbonyl (C=O) groups is 1. The zero-order valence-corrected chi connectivity index (χ0v) is 13.0. The Hall–Kier alpha value is -1.34. The monoisotopic (exact) mass is 298 g/mol.